The minimum atomic E-state index is -0.618. The molecule has 1 aromatic rings. The molecule has 0 radical (unpaired) electrons. The van der Waals surface area contributed by atoms with E-state index in [9.17, 15) is 9.90 Å². The SMILES string of the molecule is Cc1nnnn1[C@@H]1C[C@@]23COC[C@](C)([C@@H]2CC[C@H]2C3=CC[C@@]3(C)C(C(=O)O)[C@@](C)([C@H](C)C(C)C)CC[C@]23C)[C@H]1OCCN. The average Bonchev–Trinajstić information content (AvgIpc) is 3.37. The van der Waals surface area contributed by atoms with Crippen LogP contribution in [0, 0.1) is 63.6 Å². The maximum absolute atomic E-state index is 13.3. The minimum absolute atomic E-state index is 0.0271. The third-order valence-electron chi connectivity index (χ3n) is 14.5. The number of tetrazole rings is 1. The lowest BCUT2D eigenvalue weighted by Crippen LogP contribution is -2.69. The first-order valence-electron chi connectivity index (χ1n) is 16.8. The number of aromatic nitrogens is 4. The Bertz CT molecular complexity index is 1280. The summed E-state index contributed by atoms with van der Waals surface area (Å²) in [6.45, 7) is 20.4. The maximum Gasteiger partial charge on any atom is 0.307 e. The van der Waals surface area contributed by atoms with Crippen molar-refractivity contribution < 1.29 is 19.4 Å². The molecule has 1 aromatic heterocycles. The highest BCUT2D eigenvalue weighted by Gasteiger charge is 2.72. The summed E-state index contributed by atoms with van der Waals surface area (Å²) in [5, 5.41) is 23.7. The predicted octanol–water partition coefficient (Wildman–Crippen LogP) is 5.46. The summed E-state index contributed by atoms with van der Waals surface area (Å²) >= 11 is 0. The molecule has 6 rings (SSSR count). The minimum Gasteiger partial charge on any atom is -0.481 e. The van der Waals surface area contributed by atoms with Gasteiger partial charge in [-0.2, -0.15) is 0 Å². The molecule has 2 heterocycles. The summed E-state index contributed by atoms with van der Waals surface area (Å²) in [5.41, 5.74) is 6.40. The molecule has 5 aliphatic rings. The number of nitrogens with zero attached hydrogens (tertiary/aromatic N) is 4. The summed E-state index contributed by atoms with van der Waals surface area (Å²) in [7, 11) is 0. The first-order chi connectivity index (χ1) is 20.2. The van der Waals surface area contributed by atoms with Gasteiger partial charge in [-0.25, -0.2) is 4.68 Å². The fourth-order valence-corrected chi connectivity index (χ4v) is 11.9. The van der Waals surface area contributed by atoms with E-state index in [0.717, 1.165) is 44.3 Å². The van der Waals surface area contributed by atoms with Gasteiger partial charge in [-0.1, -0.05) is 60.1 Å². The van der Waals surface area contributed by atoms with E-state index in [1.165, 1.54) is 5.57 Å². The van der Waals surface area contributed by atoms with Gasteiger partial charge < -0.3 is 20.3 Å². The Labute approximate surface area is 257 Å². The zero-order chi connectivity index (χ0) is 31.2. The van der Waals surface area contributed by atoms with Crippen molar-refractivity contribution in [1.29, 1.82) is 0 Å². The second kappa shape index (κ2) is 10.3. The molecular weight excluding hydrogens is 542 g/mol. The van der Waals surface area contributed by atoms with Crippen molar-refractivity contribution in [2.75, 3.05) is 26.4 Å². The second-order valence-electron chi connectivity index (χ2n) is 16.4. The Hall–Kier alpha value is -1.84. The molecule has 4 aliphatic carbocycles. The van der Waals surface area contributed by atoms with Gasteiger partial charge in [-0.15, -0.1) is 5.10 Å². The van der Waals surface area contributed by atoms with E-state index < -0.39 is 11.9 Å². The molecule has 0 spiro atoms. The molecule has 11 atom stereocenters. The van der Waals surface area contributed by atoms with Gasteiger partial charge in [0.25, 0.3) is 0 Å². The zero-order valence-electron chi connectivity index (χ0n) is 27.7. The lowest BCUT2D eigenvalue weighted by molar-refractivity contribution is -0.250. The fraction of sp³-hybridized carbons (Fsp3) is 0.882. The number of fused-ring (bicyclic) bond motifs is 3. The van der Waals surface area contributed by atoms with Crippen molar-refractivity contribution in [3.63, 3.8) is 0 Å². The number of nitrogens with two attached hydrogens (primary N) is 1. The van der Waals surface area contributed by atoms with E-state index in [4.69, 9.17) is 15.2 Å². The summed E-state index contributed by atoms with van der Waals surface area (Å²) in [6, 6.07) is -0.0271. The van der Waals surface area contributed by atoms with E-state index in [2.05, 4.69) is 70.1 Å². The number of rotatable bonds is 7. The molecule has 3 N–H and O–H groups in total. The van der Waals surface area contributed by atoms with Crippen LogP contribution in [-0.4, -0.2) is 63.8 Å². The van der Waals surface area contributed by atoms with E-state index in [0.29, 0.717) is 50.0 Å². The molecule has 1 unspecified atom stereocenters. The Morgan fingerprint density at radius 2 is 1.91 bits per heavy atom. The molecule has 2 bridgehead atoms. The molecule has 1 saturated heterocycles. The highest BCUT2D eigenvalue weighted by molar-refractivity contribution is 5.73. The van der Waals surface area contributed by atoms with E-state index in [1.807, 2.05) is 11.6 Å². The topological polar surface area (TPSA) is 125 Å². The number of hydrogen-bond donors (Lipinski definition) is 2. The number of aryl methyl sites for hydroxylation is 1. The molecule has 1 aliphatic heterocycles. The zero-order valence-corrected chi connectivity index (χ0v) is 27.7. The molecule has 9 nitrogen and oxygen atoms in total. The van der Waals surface area contributed by atoms with Crippen LogP contribution in [0.15, 0.2) is 11.6 Å². The van der Waals surface area contributed by atoms with Crippen molar-refractivity contribution in [2.24, 2.45) is 62.4 Å². The Balaban J connectivity index is 1.47. The number of carboxylic acids is 1. The summed E-state index contributed by atoms with van der Waals surface area (Å²) in [4.78, 5) is 13.3. The highest BCUT2D eigenvalue weighted by Crippen LogP contribution is 2.75. The van der Waals surface area contributed by atoms with Gasteiger partial charge in [-0.05, 0) is 95.8 Å². The van der Waals surface area contributed by atoms with Gasteiger partial charge in [0.1, 0.15) is 5.82 Å². The van der Waals surface area contributed by atoms with Gasteiger partial charge in [-0.3, -0.25) is 4.79 Å². The van der Waals surface area contributed by atoms with Gasteiger partial charge in [0.2, 0.25) is 0 Å². The molecule has 43 heavy (non-hydrogen) atoms. The van der Waals surface area contributed by atoms with Gasteiger partial charge in [0, 0.05) is 17.4 Å². The summed E-state index contributed by atoms with van der Waals surface area (Å²) in [5.74, 6) is 1.27. The fourth-order valence-electron chi connectivity index (χ4n) is 11.9. The molecule has 240 valence electrons. The van der Waals surface area contributed by atoms with Crippen LogP contribution in [0.2, 0.25) is 0 Å². The summed E-state index contributed by atoms with van der Waals surface area (Å²) < 4.78 is 15.2. The monoisotopic (exact) mass is 597 g/mol. The standard InChI is InChI=1S/C34H55N5O4/c1-20(2)21(3)30(5)13-14-32(7)23-9-10-26-31(6)18-42-19-34(26,24(23)11-12-33(32,8)27(30)29(40)41)17-25(28(31)43-16-15-35)39-22(4)36-37-38-39/h11,20-21,23,25-28H,9-10,12-19,35H2,1-8H3,(H,40,41)/t21-,23+,25-,26+,27?,28+,30-,31-,32-,33+,34+/m1/s1. The molecule has 0 amide bonds. The van der Waals surface area contributed by atoms with Crippen LogP contribution >= 0.6 is 0 Å². The predicted molar refractivity (Wildman–Crippen MR) is 164 cm³/mol. The van der Waals surface area contributed by atoms with Crippen molar-refractivity contribution >= 4 is 5.97 Å². The number of aliphatic carboxylic acids is 1. The molecule has 3 saturated carbocycles. The number of hydrogen-bond acceptors (Lipinski definition) is 7. The van der Waals surface area contributed by atoms with Crippen LogP contribution in [0.5, 0.6) is 0 Å². The third kappa shape index (κ3) is 4.05. The normalized spacial score (nSPS) is 46.4. The van der Waals surface area contributed by atoms with Crippen LogP contribution in [0.4, 0.5) is 0 Å². The Morgan fingerprint density at radius 1 is 1.16 bits per heavy atom. The number of allylic oxidation sites excluding steroid dienone is 1. The average molecular weight is 598 g/mol. The van der Waals surface area contributed by atoms with E-state index in [-0.39, 0.29) is 39.2 Å². The first-order valence-corrected chi connectivity index (χ1v) is 16.8. The highest BCUT2D eigenvalue weighted by atomic mass is 16.5. The van der Waals surface area contributed by atoms with Crippen LogP contribution in [-0.2, 0) is 14.3 Å². The lowest BCUT2D eigenvalue weighted by Gasteiger charge is -2.71. The first kappa shape index (κ1) is 31.2. The van der Waals surface area contributed by atoms with Crippen LogP contribution in [0.3, 0.4) is 0 Å². The van der Waals surface area contributed by atoms with Crippen molar-refractivity contribution in [1.82, 2.24) is 20.2 Å². The van der Waals surface area contributed by atoms with E-state index in [1.54, 1.807) is 0 Å². The Kier molecular flexibility index (Phi) is 7.49. The molecular formula is C34H55N5O4. The molecule has 9 heteroatoms. The third-order valence-corrected chi connectivity index (χ3v) is 14.5. The lowest BCUT2D eigenvalue weighted by atomic mass is 9.34. The van der Waals surface area contributed by atoms with E-state index >= 15 is 0 Å². The number of carboxylic acid groups (broad SMARTS) is 1. The maximum atomic E-state index is 13.3. The largest absolute Gasteiger partial charge is 0.481 e. The van der Waals surface area contributed by atoms with Crippen LogP contribution in [0.1, 0.15) is 98.9 Å². The number of carbonyl (C=O) groups is 1. The van der Waals surface area contributed by atoms with Crippen LogP contribution in [0.25, 0.3) is 0 Å². The van der Waals surface area contributed by atoms with Crippen LogP contribution < -0.4 is 5.73 Å². The summed E-state index contributed by atoms with van der Waals surface area (Å²) in [6.07, 6.45) is 8.22. The van der Waals surface area contributed by atoms with Crippen molar-refractivity contribution in [3.8, 4) is 0 Å². The van der Waals surface area contributed by atoms with Crippen molar-refractivity contribution in [2.45, 2.75) is 106 Å². The smallest absolute Gasteiger partial charge is 0.307 e. The Morgan fingerprint density at radius 3 is 2.53 bits per heavy atom. The van der Waals surface area contributed by atoms with Crippen molar-refractivity contribution in [3.05, 3.63) is 17.5 Å². The molecule has 4 fully saturated rings. The van der Waals surface area contributed by atoms with Gasteiger partial charge in [0.15, 0.2) is 0 Å². The quantitative estimate of drug-likeness (QED) is 0.397. The number of ether oxygens (including phenoxy) is 2. The van der Waals surface area contributed by atoms with Gasteiger partial charge >= 0.3 is 5.97 Å². The second-order valence-corrected chi connectivity index (χ2v) is 16.4. The van der Waals surface area contributed by atoms with Gasteiger partial charge in [0.05, 0.1) is 37.9 Å². The molecule has 0 aromatic carbocycles.